The van der Waals surface area contributed by atoms with Gasteiger partial charge in [-0.1, -0.05) is 18.6 Å². The zero-order valence-corrected chi connectivity index (χ0v) is 17.7. The first-order valence-electron chi connectivity index (χ1n) is 10.6. The van der Waals surface area contributed by atoms with Crippen LogP contribution in [-0.4, -0.2) is 42.5 Å². The molecule has 2 aliphatic rings. The fourth-order valence-electron chi connectivity index (χ4n) is 5.10. The van der Waals surface area contributed by atoms with Crippen LogP contribution in [0.25, 0.3) is 10.6 Å². The standard InChI is InChI=1S/C23H26N4O2S/c28-22-9-8-20(21-7-3-11-30-21)25-27(22)16-23(29)12-18-5-1-6-19(13-23)26(18)15-17-4-2-10-24-14-17/h2-4,7-11,14,18-19,29H,1,5-6,12-13,15-16H2/t18-,19-/m0/s1. The van der Waals surface area contributed by atoms with E-state index >= 15 is 0 Å². The summed E-state index contributed by atoms with van der Waals surface area (Å²) in [6.07, 6.45) is 8.42. The van der Waals surface area contributed by atoms with E-state index in [9.17, 15) is 9.90 Å². The van der Waals surface area contributed by atoms with Crippen molar-refractivity contribution >= 4 is 11.3 Å². The molecule has 1 N–H and O–H groups in total. The number of thiophene rings is 1. The first-order chi connectivity index (χ1) is 14.6. The van der Waals surface area contributed by atoms with Gasteiger partial charge >= 0.3 is 0 Å². The molecule has 2 bridgehead atoms. The Balaban J connectivity index is 1.36. The predicted octanol–water partition coefficient (Wildman–Crippen LogP) is 3.32. The lowest BCUT2D eigenvalue weighted by molar-refractivity contribution is -0.105. The highest BCUT2D eigenvalue weighted by Crippen LogP contribution is 2.40. The van der Waals surface area contributed by atoms with Crippen molar-refractivity contribution in [2.75, 3.05) is 0 Å². The second kappa shape index (κ2) is 8.06. The average molecular weight is 423 g/mol. The third-order valence-corrected chi connectivity index (χ3v) is 7.31. The van der Waals surface area contributed by atoms with Crippen LogP contribution in [0, 0.1) is 0 Å². The smallest absolute Gasteiger partial charge is 0.266 e. The minimum absolute atomic E-state index is 0.160. The van der Waals surface area contributed by atoms with Gasteiger partial charge in [0, 0.05) is 37.1 Å². The summed E-state index contributed by atoms with van der Waals surface area (Å²) in [5, 5.41) is 18.1. The molecule has 0 radical (unpaired) electrons. The van der Waals surface area contributed by atoms with Crippen LogP contribution >= 0.6 is 11.3 Å². The number of hydrogen-bond acceptors (Lipinski definition) is 6. The molecule has 0 unspecified atom stereocenters. The van der Waals surface area contributed by atoms with Gasteiger partial charge in [-0.2, -0.15) is 5.10 Å². The molecular weight excluding hydrogens is 396 g/mol. The Morgan fingerprint density at radius 3 is 2.67 bits per heavy atom. The number of aromatic nitrogens is 3. The second-order valence-electron chi connectivity index (χ2n) is 8.60. The molecule has 5 heterocycles. The van der Waals surface area contributed by atoms with Gasteiger partial charge in [0.05, 0.1) is 17.0 Å². The van der Waals surface area contributed by atoms with Gasteiger partial charge in [0.15, 0.2) is 0 Å². The lowest BCUT2D eigenvalue weighted by Gasteiger charge is -2.52. The van der Waals surface area contributed by atoms with Crippen molar-refractivity contribution in [1.29, 1.82) is 0 Å². The minimum Gasteiger partial charge on any atom is -0.388 e. The Morgan fingerprint density at radius 2 is 1.97 bits per heavy atom. The maximum atomic E-state index is 12.5. The molecule has 2 atom stereocenters. The molecule has 0 spiro atoms. The van der Waals surface area contributed by atoms with Gasteiger partial charge in [0.2, 0.25) is 0 Å². The van der Waals surface area contributed by atoms with Crippen LogP contribution in [0.4, 0.5) is 0 Å². The Kier molecular flexibility index (Phi) is 5.26. The quantitative estimate of drug-likeness (QED) is 0.683. The highest BCUT2D eigenvalue weighted by atomic mass is 32.1. The van der Waals surface area contributed by atoms with E-state index in [0.717, 1.165) is 30.0 Å². The van der Waals surface area contributed by atoms with Crippen molar-refractivity contribution < 1.29 is 5.11 Å². The van der Waals surface area contributed by atoms with E-state index < -0.39 is 5.60 Å². The number of piperidine rings is 2. The van der Waals surface area contributed by atoms with Crippen molar-refractivity contribution in [1.82, 2.24) is 19.7 Å². The van der Waals surface area contributed by atoms with Crippen molar-refractivity contribution in [2.24, 2.45) is 0 Å². The molecule has 0 aromatic carbocycles. The van der Waals surface area contributed by atoms with E-state index in [1.807, 2.05) is 29.8 Å². The van der Waals surface area contributed by atoms with Crippen LogP contribution in [0.2, 0.25) is 0 Å². The zero-order chi connectivity index (χ0) is 20.6. The summed E-state index contributed by atoms with van der Waals surface area (Å²) >= 11 is 1.60. The fourth-order valence-corrected chi connectivity index (χ4v) is 5.80. The molecule has 3 aromatic heterocycles. The maximum absolute atomic E-state index is 12.5. The summed E-state index contributed by atoms with van der Waals surface area (Å²) in [5.41, 5.74) is 0.919. The lowest BCUT2D eigenvalue weighted by atomic mass is 9.75. The third-order valence-electron chi connectivity index (χ3n) is 6.42. The fraction of sp³-hybridized carbons (Fsp3) is 0.435. The summed E-state index contributed by atoms with van der Waals surface area (Å²) in [7, 11) is 0. The Hall–Kier alpha value is -2.35. The molecule has 3 aromatic rings. The van der Waals surface area contributed by atoms with E-state index in [-0.39, 0.29) is 12.1 Å². The molecule has 2 aliphatic heterocycles. The number of pyridine rings is 1. The van der Waals surface area contributed by atoms with E-state index in [0.29, 0.717) is 24.9 Å². The minimum atomic E-state index is -0.911. The number of fused-ring (bicyclic) bond motifs is 2. The summed E-state index contributed by atoms with van der Waals surface area (Å²) in [5.74, 6) is 0. The first-order valence-corrected chi connectivity index (χ1v) is 11.5. The van der Waals surface area contributed by atoms with Gasteiger partial charge in [-0.15, -0.1) is 11.3 Å². The summed E-state index contributed by atoms with van der Waals surface area (Å²) < 4.78 is 1.46. The molecule has 2 saturated heterocycles. The highest BCUT2D eigenvalue weighted by Gasteiger charge is 2.45. The maximum Gasteiger partial charge on any atom is 0.266 e. The molecular formula is C23H26N4O2S. The molecule has 7 heteroatoms. The zero-order valence-electron chi connectivity index (χ0n) is 16.9. The van der Waals surface area contributed by atoms with Crippen molar-refractivity contribution in [3.8, 4) is 10.6 Å². The molecule has 0 aliphatic carbocycles. The van der Waals surface area contributed by atoms with Crippen molar-refractivity contribution in [3.05, 3.63) is 70.1 Å². The van der Waals surface area contributed by atoms with Crippen LogP contribution in [0.1, 0.15) is 37.7 Å². The lowest BCUT2D eigenvalue weighted by Crippen LogP contribution is -2.59. The van der Waals surface area contributed by atoms with Crippen LogP contribution in [0.5, 0.6) is 0 Å². The van der Waals surface area contributed by atoms with Gasteiger partial charge in [-0.05, 0) is 54.8 Å². The molecule has 2 fully saturated rings. The van der Waals surface area contributed by atoms with Gasteiger partial charge < -0.3 is 5.11 Å². The van der Waals surface area contributed by atoms with Gasteiger partial charge in [0.1, 0.15) is 5.69 Å². The number of hydrogen-bond donors (Lipinski definition) is 1. The van der Waals surface area contributed by atoms with E-state index in [4.69, 9.17) is 0 Å². The summed E-state index contributed by atoms with van der Waals surface area (Å²) in [6.45, 7) is 1.12. The van der Waals surface area contributed by atoms with Gasteiger partial charge in [0.25, 0.3) is 5.56 Å². The molecule has 156 valence electrons. The second-order valence-corrected chi connectivity index (χ2v) is 9.54. The first kappa shape index (κ1) is 19.6. The Labute approximate surface area is 179 Å². The van der Waals surface area contributed by atoms with Crippen LogP contribution in [0.15, 0.2) is 59.0 Å². The van der Waals surface area contributed by atoms with Crippen molar-refractivity contribution in [2.45, 2.75) is 62.9 Å². The number of nitrogens with zero attached hydrogens (tertiary/aromatic N) is 4. The van der Waals surface area contributed by atoms with Gasteiger partial charge in [-0.25, -0.2) is 4.68 Å². The Bertz CT molecular complexity index is 1040. The van der Waals surface area contributed by atoms with Crippen LogP contribution in [-0.2, 0) is 13.1 Å². The number of aliphatic hydroxyl groups is 1. The van der Waals surface area contributed by atoms with Crippen LogP contribution < -0.4 is 5.56 Å². The van der Waals surface area contributed by atoms with Crippen LogP contribution in [0.3, 0.4) is 0 Å². The van der Waals surface area contributed by atoms with Gasteiger partial charge in [-0.3, -0.25) is 14.7 Å². The normalized spacial score (nSPS) is 26.6. The highest BCUT2D eigenvalue weighted by molar-refractivity contribution is 7.13. The molecule has 30 heavy (non-hydrogen) atoms. The molecule has 0 amide bonds. The largest absolute Gasteiger partial charge is 0.388 e. The summed E-state index contributed by atoms with van der Waals surface area (Å²) in [6, 6.07) is 12.0. The van der Waals surface area contributed by atoms with E-state index in [1.54, 1.807) is 29.7 Å². The monoisotopic (exact) mass is 422 g/mol. The third kappa shape index (κ3) is 3.97. The molecule has 0 saturated carbocycles. The number of rotatable bonds is 5. The molecule has 6 nitrogen and oxygen atoms in total. The van der Waals surface area contributed by atoms with E-state index in [2.05, 4.69) is 21.0 Å². The SMILES string of the molecule is O=c1ccc(-c2cccs2)nn1CC1(O)C[C@@H]2CCC[C@@H](C1)N2Cc1cccnc1. The Morgan fingerprint density at radius 1 is 1.13 bits per heavy atom. The topological polar surface area (TPSA) is 71.2 Å². The van der Waals surface area contributed by atoms with Crippen molar-refractivity contribution in [3.63, 3.8) is 0 Å². The average Bonchev–Trinajstić information content (AvgIpc) is 3.26. The molecule has 5 rings (SSSR count). The summed E-state index contributed by atoms with van der Waals surface area (Å²) in [4.78, 5) is 20.3. The predicted molar refractivity (Wildman–Crippen MR) is 117 cm³/mol. The van der Waals surface area contributed by atoms with E-state index in [1.165, 1.54) is 16.7 Å².